The summed E-state index contributed by atoms with van der Waals surface area (Å²) < 4.78 is 70.7. The van der Waals surface area contributed by atoms with Crippen molar-refractivity contribution in [2.45, 2.75) is 37.9 Å². The highest BCUT2D eigenvalue weighted by Gasteiger charge is 2.22. The average Bonchev–Trinajstić information content (AvgIpc) is 3.53. The summed E-state index contributed by atoms with van der Waals surface area (Å²) in [5.41, 5.74) is 2.57. The molecule has 172 valence electrons. The van der Waals surface area contributed by atoms with Crippen LogP contribution in [0.15, 0.2) is 64.9 Å². The highest BCUT2D eigenvalue weighted by molar-refractivity contribution is 7.92. The van der Waals surface area contributed by atoms with Crippen molar-refractivity contribution in [2.24, 2.45) is 0 Å². The van der Waals surface area contributed by atoms with Crippen molar-refractivity contribution >= 4 is 31.8 Å². The Kier molecular flexibility index (Phi) is 6.45. The van der Waals surface area contributed by atoms with Crippen LogP contribution >= 0.6 is 0 Å². The zero-order chi connectivity index (χ0) is 23.5. The number of hydrogen-bond donors (Lipinski definition) is 2. The van der Waals surface area contributed by atoms with E-state index in [4.69, 9.17) is 17.9 Å². The molecule has 2 N–H and O–H groups in total. The van der Waals surface area contributed by atoms with Crippen molar-refractivity contribution in [2.75, 3.05) is 9.44 Å². The third-order valence-electron chi connectivity index (χ3n) is 4.29. The summed E-state index contributed by atoms with van der Waals surface area (Å²) in [4.78, 5) is 0. The van der Waals surface area contributed by atoms with E-state index in [-0.39, 0.29) is 22.0 Å². The van der Waals surface area contributed by atoms with Crippen LogP contribution in [-0.4, -0.2) is 27.1 Å². The molecule has 32 heavy (non-hydrogen) atoms. The molecule has 0 saturated carbocycles. The van der Waals surface area contributed by atoms with Crippen LogP contribution in [0.25, 0.3) is 0 Å². The number of furan rings is 2. The van der Waals surface area contributed by atoms with Gasteiger partial charge in [0.15, 0.2) is 0 Å². The largest absolute Gasteiger partial charge is 0.451 e. The van der Waals surface area contributed by atoms with Gasteiger partial charge in [0, 0.05) is 11.1 Å². The maximum atomic E-state index is 11.7. The molecule has 0 aliphatic rings. The lowest BCUT2D eigenvalue weighted by molar-refractivity contribution is 0.427. The minimum absolute atomic E-state index is 0.105. The van der Waals surface area contributed by atoms with Gasteiger partial charge < -0.3 is 17.9 Å². The lowest BCUT2D eigenvalue weighted by Crippen LogP contribution is -2.12. The number of sulfonamides is 2. The monoisotopic (exact) mass is 484 g/mol. The summed E-state index contributed by atoms with van der Waals surface area (Å²) in [6.45, 7) is 6.88. The van der Waals surface area contributed by atoms with E-state index in [0.29, 0.717) is 22.5 Å². The molecule has 14 heteroatoms. The summed E-state index contributed by atoms with van der Waals surface area (Å²) in [5, 5.41) is 6.97. The predicted molar refractivity (Wildman–Crippen MR) is 111 cm³/mol. The summed E-state index contributed by atoms with van der Waals surface area (Å²) in [5.74, 6) is 0.211. The first-order chi connectivity index (χ1) is 15.0. The van der Waals surface area contributed by atoms with Gasteiger partial charge >= 0.3 is 0 Å². The van der Waals surface area contributed by atoms with E-state index in [1.165, 1.54) is 36.8 Å². The third-order valence-corrected chi connectivity index (χ3v) is 6.72. The first-order valence-electron chi connectivity index (χ1n) is 8.99. The molecule has 0 amide bonds. The standard InChI is InChI=1S/2C9H10N2O4S/c2*1-6-7(2)10-15-9(6)11-16(12,13)8-4-3-5-14-8/h2*3-5,11H,1-2H3. The zero-order valence-electron chi connectivity index (χ0n) is 17.4. The van der Waals surface area contributed by atoms with Gasteiger partial charge in [0.2, 0.25) is 22.0 Å². The minimum Gasteiger partial charge on any atom is -0.451 e. The molecule has 12 nitrogen and oxygen atoms in total. The van der Waals surface area contributed by atoms with Crippen molar-refractivity contribution < 1.29 is 34.7 Å². The molecular formula is C18H20N4O8S2. The van der Waals surface area contributed by atoms with E-state index >= 15 is 0 Å². The molecule has 0 unspecified atom stereocenters. The van der Waals surface area contributed by atoms with Gasteiger partial charge in [-0.2, -0.15) is 16.8 Å². The summed E-state index contributed by atoms with van der Waals surface area (Å²) in [7, 11) is -7.46. The first kappa shape index (κ1) is 23.1. The lowest BCUT2D eigenvalue weighted by atomic mass is 10.3. The predicted octanol–water partition coefficient (Wildman–Crippen LogP) is 3.37. The number of aromatic nitrogens is 2. The zero-order valence-corrected chi connectivity index (χ0v) is 19.1. The van der Waals surface area contributed by atoms with Crippen LogP contribution in [-0.2, 0) is 20.0 Å². The van der Waals surface area contributed by atoms with Crippen LogP contribution in [0.3, 0.4) is 0 Å². The minimum atomic E-state index is -3.73. The molecule has 0 aromatic carbocycles. The molecule has 0 aliphatic carbocycles. The van der Waals surface area contributed by atoms with E-state index in [9.17, 15) is 16.8 Å². The smallest absolute Gasteiger partial charge is 0.297 e. The van der Waals surface area contributed by atoms with E-state index in [1.807, 2.05) is 0 Å². The van der Waals surface area contributed by atoms with E-state index in [0.717, 1.165) is 0 Å². The Hall–Kier alpha value is -3.52. The molecule has 4 rings (SSSR count). The topological polar surface area (TPSA) is 171 Å². The van der Waals surface area contributed by atoms with Gasteiger partial charge in [0.05, 0.1) is 23.9 Å². The van der Waals surface area contributed by atoms with E-state index in [1.54, 1.807) is 27.7 Å². The normalized spacial score (nSPS) is 11.6. The van der Waals surface area contributed by atoms with Crippen molar-refractivity contribution in [3.63, 3.8) is 0 Å². The maximum Gasteiger partial charge on any atom is 0.297 e. The second-order valence-corrected chi connectivity index (χ2v) is 9.75. The molecular weight excluding hydrogens is 464 g/mol. The molecule has 0 atom stereocenters. The maximum absolute atomic E-state index is 11.7. The molecule has 4 aromatic heterocycles. The number of nitrogens with zero attached hydrogens (tertiary/aromatic N) is 2. The lowest BCUT2D eigenvalue weighted by Gasteiger charge is -2.01. The Labute approximate surface area is 183 Å². The number of anilines is 2. The van der Waals surface area contributed by atoms with E-state index in [2.05, 4.69) is 19.8 Å². The molecule has 0 spiro atoms. The fourth-order valence-electron chi connectivity index (χ4n) is 2.20. The fourth-order valence-corrected chi connectivity index (χ4v) is 4.15. The molecule has 0 bridgehead atoms. The Morgan fingerprint density at radius 1 is 0.688 bits per heavy atom. The van der Waals surface area contributed by atoms with Crippen LogP contribution in [0.4, 0.5) is 11.8 Å². The number of aryl methyl sites for hydroxylation is 2. The Bertz CT molecular complexity index is 1270. The number of rotatable bonds is 6. The Balaban J connectivity index is 0.000000181. The van der Waals surface area contributed by atoms with Crippen LogP contribution in [0.5, 0.6) is 0 Å². The van der Waals surface area contributed by atoms with Crippen molar-refractivity contribution in [1.82, 2.24) is 10.3 Å². The molecule has 0 aliphatic heterocycles. The summed E-state index contributed by atoms with van der Waals surface area (Å²) in [6.07, 6.45) is 2.57. The average molecular weight is 485 g/mol. The highest BCUT2D eigenvalue weighted by atomic mass is 32.2. The van der Waals surface area contributed by atoms with Gasteiger partial charge in [0.1, 0.15) is 0 Å². The molecule has 4 aromatic rings. The Morgan fingerprint density at radius 3 is 1.31 bits per heavy atom. The summed E-state index contributed by atoms with van der Waals surface area (Å²) >= 11 is 0. The Morgan fingerprint density at radius 2 is 1.06 bits per heavy atom. The second-order valence-electron chi connectivity index (χ2n) is 6.52. The van der Waals surface area contributed by atoms with Gasteiger partial charge in [-0.1, -0.05) is 10.3 Å². The number of nitrogens with one attached hydrogen (secondary N) is 2. The second kappa shape index (κ2) is 8.92. The third kappa shape index (κ3) is 5.03. The van der Waals surface area contributed by atoms with Crippen LogP contribution in [0.1, 0.15) is 22.5 Å². The van der Waals surface area contributed by atoms with Crippen LogP contribution in [0.2, 0.25) is 0 Å². The quantitative estimate of drug-likeness (QED) is 0.413. The van der Waals surface area contributed by atoms with Gasteiger partial charge in [-0.25, -0.2) is 9.44 Å². The van der Waals surface area contributed by atoms with Crippen LogP contribution < -0.4 is 9.44 Å². The summed E-state index contributed by atoms with van der Waals surface area (Å²) in [6, 6.07) is 5.68. The van der Waals surface area contributed by atoms with Gasteiger partial charge in [-0.05, 0) is 52.0 Å². The van der Waals surface area contributed by atoms with Crippen molar-refractivity contribution in [1.29, 1.82) is 0 Å². The van der Waals surface area contributed by atoms with Gasteiger partial charge in [0.25, 0.3) is 20.0 Å². The van der Waals surface area contributed by atoms with Gasteiger partial charge in [-0.3, -0.25) is 0 Å². The molecule has 4 heterocycles. The molecule has 0 saturated heterocycles. The fraction of sp³-hybridized carbons (Fsp3) is 0.222. The van der Waals surface area contributed by atoms with Gasteiger partial charge in [-0.15, -0.1) is 0 Å². The number of hydrogen-bond acceptors (Lipinski definition) is 10. The highest BCUT2D eigenvalue weighted by Crippen LogP contribution is 2.22. The molecule has 0 radical (unpaired) electrons. The van der Waals surface area contributed by atoms with Crippen molar-refractivity contribution in [3.8, 4) is 0 Å². The molecule has 0 fully saturated rings. The van der Waals surface area contributed by atoms with E-state index < -0.39 is 20.0 Å². The van der Waals surface area contributed by atoms with Crippen LogP contribution in [0, 0.1) is 27.7 Å². The SMILES string of the molecule is Cc1noc(NS(=O)(=O)c2ccco2)c1C.Cc1noc(NS(=O)(=O)c2ccco2)c1C. The van der Waals surface area contributed by atoms with Crippen molar-refractivity contribution in [3.05, 3.63) is 59.3 Å². The first-order valence-corrected chi connectivity index (χ1v) is 12.0.